The molecule has 1 heterocycles. The van der Waals surface area contributed by atoms with Crippen LogP contribution in [0.1, 0.15) is 34.5 Å². The number of hydrogen-bond donors (Lipinski definition) is 0. The molecule has 0 fully saturated rings. The van der Waals surface area contributed by atoms with E-state index in [0.717, 1.165) is 12.0 Å². The standard InChI is InChI=1S/C20H18Cl2N2O2.ClH/c1-2-14-3-5-15(6-4-14)20(25)26-19(12-24-10-9-23-13-24)17-8-7-16(21)11-18(17)22;/h3-11,13,19H,2,12H2,1H3;1H. The Bertz CT molecular complexity index is 881. The van der Waals surface area contributed by atoms with Crippen LogP contribution in [0.2, 0.25) is 10.0 Å². The Morgan fingerprint density at radius 1 is 1.19 bits per heavy atom. The van der Waals surface area contributed by atoms with Gasteiger partial charge in [-0.05, 0) is 36.2 Å². The molecule has 0 aliphatic carbocycles. The molecule has 0 bridgehead atoms. The van der Waals surface area contributed by atoms with Gasteiger partial charge in [0.2, 0.25) is 0 Å². The molecular formula is C20H19Cl3N2O2. The maximum Gasteiger partial charge on any atom is 0.338 e. The smallest absolute Gasteiger partial charge is 0.338 e. The molecule has 3 aromatic rings. The molecule has 7 heteroatoms. The number of halogens is 3. The fourth-order valence-corrected chi connectivity index (χ4v) is 3.15. The molecule has 4 nitrogen and oxygen atoms in total. The van der Waals surface area contributed by atoms with Gasteiger partial charge < -0.3 is 9.30 Å². The van der Waals surface area contributed by atoms with Gasteiger partial charge >= 0.3 is 5.97 Å². The monoisotopic (exact) mass is 424 g/mol. The third-order valence-corrected chi connectivity index (χ3v) is 4.65. The average Bonchev–Trinajstić information content (AvgIpc) is 3.14. The van der Waals surface area contributed by atoms with E-state index in [0.29, 0.717) is 27.7 Å². The highest BCUT2D eigenvalue weighted by Gasteiger charge is 2.21. The van der Waals surface area contributed by atoms with Gasteiger partial charge in [0.15, 0.2) is 0 Å². The molecule has 0 aliphatic heterocycles. The Labute approximate surface area is 174 Å². The van der Waals surface area contributed by atoms with Crippen LogP contribution in [0.4, 0.5) is 0 Å². The number of aryl methyl sites for hydroxylation is 1. The van der Waals surface area contributed by atoms with Crippen LogP contribution >= 0.6 is 35.6 Å². The lowest BCUT2D eigenvalue weighted by Crippen LogP contribution is -2.17. The second-order valence-electron chi connectivity index (χ2n) is 5.87. The van der Waals surface area contributed by atoms with Crippen molar-refractivity contribution in [1.82, 2.24) is 9.55 Å². The first-order valence-electron chi connectivity index (χ1n) is 8.27. The van der Waals surface area contributed by atoms with Crippen LogP contribution in [0, 0.1) is 0 Å². The zero-order valence-electron chi connectivity index (χ0n) is 14.6. The Hall–Kier alpha value is -2.01. The van der Waals surface area contributed by atoms with Crippen molar-refractivity contribution >= 4 is 41.6 Å². The van der Waals surface area contributed by atoms with Crippen molar-refractivity contribution in [3.05, 3.63) is 87.9 Å². The lowest BCUT2D eigenvalue weighted by atomic mass is 10.1. The van der Waals surface area contributed by atoms with Crippen LogP contribution in [0.15, 0.2) is 61.2 Å². The summed E-state index contributed by atoms with van der Waals surface area (Å²) < 4.78 is 7.61. The highest BCUT2D eigenvalue weighted by atomic mass is 35.5. The van der Waals surface area contributed by atoms with E-state index in [-0.39, 0.29) is 12.4 Å². The van der Waals surface area contributed by atoms with E-state index in [4.69, 9.17) is 27.9 Å². The number of aromatic nitrogens is 2. The van der Waals surface area contributed by atoms with Crippen molar-refractivity contribution in [2.75, 3.05) is 0 Å². The van der Waals surface area contributed by atoms with E-state index in [1.165, 1.54) is 0 Å². The number of benzene rings is 2. The molecular weight excluding hydrogens is 407 g/mol. The molecule has 27 heavy (non-hydrogen) atoms. The van der Waals surface area contributed by atoms with E-state index < -0.39 is 12.1 Å². The van der Waals surface area contributed by atoms with Crippen LogP contribution in [0.25, 0.3) is 0 Å². The number of carbonyl (C=O) groups is 1. The van der Waals surface area contributed by atoms with Crippen molar-refractivity contribution < 1.29 is 9.53 Å². The summed E-state index contributed by atoms with van der Waals surface area (Å²) in [6.07, 6.45) is 5.50. The Balaban J connectivity index is 0.00000261. The summed E-state index contributed by atoms with van der Waals surface area (Å²) in [7, 11) is 0. The van der Waals surface area contributed by atoms with Crippen LogP contribution < -0.4 is 0 Å². The van der Waals surface area contributed by atoms with E-state index >= 15 is 0 Å². The zero-order valence-corrected chi connectivity index (χ0v) is 17.0. The van der Waals surface area contributed by atoms with Crippen molar-refractivity contribution in [3.63, 3.8) is 0 Å². The molecule has 1 unspecified atom stereocenters. The quantitative estimate of drug-likeness (QED) is 0.471. The van der Waals surface area contributed by atoms with Gasteiger partial charge in [-0.2, -0.15) is 0 Å². The number of esters is 1. The Kier molecular flexibility index (Phi) is 7.72. The van der Waals surface area contributed by atoms with Crippen molar-refractivity contribution in [1.29, 1.82) is 0 Å². The zero-order chi connectivity index (χ0) is 18.5. The van der Waals surface area contributed by atoms with Crippen molar-refractivity contribution in [2.45, 2.75) is 26.0 Å². The maximum atomic E-state index is 12.6. The van der Waals surface area contributed by atoms with E-state index in [1.54, 1.807) is 49.1 Å². The van der Waals surface area contributed by atoms with Gasteiger partial charge in [0.1, 0.15) is 6.10 Å². The first kappa shape index (κ1) is 21.3. The number of carbonyl (C=O) groups excluding carboxylic acids is 1. The molecule has 0 saturated heterocycles. The normalized spacial score (nSPS) is 11.5. The molecule has 0 aliphatic rings. The number of imidazole rings is 1. The van der Waals surface area contributed by atoms with Gasteiger partial charge in [-0.3, -0.25) is 0 Å². The van der Waals surface area contributed by atoms with Gasteiger partial charge in [0, 0.05) is 28.0 Å². The van der Waals surface area contributed by atoms with Crippen LogP contribution in [-0.2, 0) is 17.7 Å². The molecule has 0 saturated carbocycles. The summed E-state index contributed by atoms with van der Waals surface area (Å²) in [5, 5.41) is 0.985. The van der Waals surface area contributed by atoms with Gasteiger partial charge in [0.25, 0.3) is 0 Å². The van der Waals surface area contributed by atoms with Crippen LogP contribution in [0.5, 0.6) is 0 Å². The fraction of sp³-hybridized carbons (Fsp3) is 0.200. The molecule has 0 N–H and O–H groups in total. The van der Waals surface area contributed by atoms with Gasteiger partial charge in [-0.25, -0.2) is 9.78 Å². The minimum atomic E-state index is -0.563. The molecule has 142 valence electrons. The summed E-state index contributed by atoms with van der Waals surface area (Å²) in [6, 6.07) is 12.6. The Morgan fingerprint density at radius 2 is 1.93 bits per heavy atom. The summed E-state index contributed by atoms with van der Waals surface area (Å²) in [6.45, 7) is 2.47. The average molecular weight is 426 g/mol. The first-order valence-corrected chi connectivity index (χ1v) is 9.03. The summed E-state index contributed by atoms with van der Waals surface area (Å²) in [5.74, 6) is -0.399. The maximum absolute atomic E-state index is 12.6. The fourth-order valence-electron chi connectivity index (χ4n) is 2.62. The van der Waals surface area contributed by atoms with Gasteiger partial charge in [-0.1, -0.05) is 48.3 Å². The van der Waals surface area contributed by atoms with Crippen LogP contribution in [0.3, 0.4) is 0 Å². The van der Waals surface area contributed by atoms with Crippen LogP contribution in [-0.4, -0.2) is 15.5 Å². The van der Waals surface area contributed by atoms with Gasteiger partial charge in [0.05, 0.1) is 18.4 Å². The topological polar surface area (TPSA) is 44.1 Å². The highest BCUT2D eigenvalue weighted by Crippen LogP contribution is 2.30. The lowest BCUT2D eigenvalue weighted by molar-refractivity contribution is 0.0255. The lowest BCUT2D eigenvalue weighted by Gasteiger charge is -2.20. The third-order valence-electron chi connectivity index (χ3n) is 4.09. The molecule has 0 spiro atoms. The molecule has 0 radical (unpaired) electrons. The van der Waals surface area contributed by atoms with Gasteiger partial charge in [-0.15, -0.1) is 12.4 Å². The van der Waals surface area contributed by atoms with E-state index in [9.17, 15) is 4.79 Å². The summed E-state index contributed by atoms with van der Waals surface area (Å²) in [4.78, 5) is 16.6. The second kappa shape index (κ2) is 9.79. The largest absolute Gasteiger partial charge is 0.452 e. The number of nitrogens with zero attached hydrogens (tertiary/aromatic N) is 2. The highest BCUT2D eigenvalue weighted by molar-refractivity contribution is 6.35. The third kappa shape index (κ3) is 5.48. The van der Waals surface area contributed by atoms with Crippen molar-refractivity contribution in [3.8, 4) is 0 Å². The minimum absolute atomic E-state index is 0. The van der Waals surface area contributed by atoms with E-state index in [1.807, 2.05) is 16.7 Å². The molecule has 0 amide bonds. The SMILES string of the molecule is CCc1ccc(C(=O)OC(Cn2ccnc2)c2ccc(Cl)cc2Cl)cc1.Cl. The second-order valence-corrected chi connectivity index (χ2v) is 6.71. The molecule has 1 aromatic heterocycles. The predicted molar refractivity (Wildman–Crippen MR) is 110 cm³/mol. The van der Waals surface area contributed by atoms with E-state index in [2.05, 4.69) is 11.9 Å². The minimum Gasteiger partial charge on any atom is -0.452 e. The predicted octanol–water partition coefficient (Wildman–Crippen LogP) is 5.77. The molecule has 3 rings (SSSR count). The van der Waals surface area contributed by atoms with Crippen molar-refractivity contribution in [2.24, 2.45) is 0 Å². The number of rotatable bonds is 6. The molecule has 1 atom stereocenters. The first-order chi connectivity index (χ1) is 12.6. The molecule has 2 aromatic carbocycles. The summed E-state index contributed by atoms with van der Waals surface area (Å²) >= 11 is 12.3. The number of hydrogen-bond acceptors (Lipinski definition) is 3. The summed E-state index contributed by atoms with van der Waals surface area (Å²) in [5.41, 5.74) is 2.36. The Morgan fingerprint density at radius 3 is 2.52 bits per heavy atom. The number of ether oxygens (including phenoxy) is 1.